The SMILES string of the molecule is CCc1ccccc1NC(=O)N1CCC2(CC1)SCCN2C(=O)c1ccc(Cl)cc1Cl. The molecule has 8 heteroatoms. The number of urea groups is 1. The highest BCUT2D eigenvalue weighted by Crippen LogP contribution is 2.45. The van der Waals surface area contributed by atoms with Crippen LogP contribution >= 0.6 is 35.0 Å². The van der Waals surface area contributed by atoms with E-state index < -0.39 is 0 Å². The molecule has 1 N–H and O–H groups in total. The van der Waals surface area contributed by atoms with Crippen LogP contribution in [0.5, 0.6) is 0 Å². The minimum atomic E-state index is -0.293. The van der Waals surface area contributed by atoms with Gasteiger partial charge >= 0.3 is 6.03 Å². The van der Waals surface area contributed by atoms with E-state index in [2.05, 4.69) is 12.2 Å². The van der Waals surface area contributed by atoms with Gasteiger partial charge in [-0.15, -0.1) is 11.8 Å². The molecule has 4 rings (SSSR count). The average molecular weight is 478 g/mol. The second-order valence-corrected chi connectivity index (χ2v) is 10.1. The van der Waals surface area contributed by atoms with Gasteiger partial charge in [0.25, 0.3) is 5.91 Å². The van der Waals surface area contributed by atoms with Crippen molar-refractivity contribution in [3.8, 4) is 0 Å². The molecule has 1 spiro atoms. The minimum absolute atomic E-state index is 0.0681. The Kier molecular flexibility index (Phi) is 6.70. The van der Waals surface area contributed by atoms with Crippen molar-refractivity contribution in [1.29, 1.82) is 0 Å². The molecule has 2 saturated heterocycles. The highest BCUT2D eigenvalue weighted by Gasteiger charge is 2.47. The van der Waals surface area contributed by atoms with Crippen molar-refractivity contribution < 1.29 is 9.59 Å². The number of piperidine rings is 1. The quantitative estimate of drug-likeness (QED) is 0.610. The summed E-state index contributed by atoms with van der Waals surface area (Å²) in [4.78, 5) is 29.6. The van der Waals surface area contributed by atoms with Crippen LogP contribution in [0.1, 0.15) is 35.7 Å². The van der Waals surface area contributed by atoms with E-state index in [0.29, 0.717) is 35.2 Å². The number of thioether (sulfide) groups is 1. The van der Waals surface area contributed by atoms with E-state index in [-0.39, 0.29) is 16.8 Å². The van der Waals surface area contributed by atoms with E-state index in [4.69, 9.17) is 23.2 Å². The lowest BCUT2D eigenvalue weighted by molar-refractivity contribution is 0.0586. The van der Waals surface area contributed by atoms with Gasteiger partial charge in [0.2, 0.25) is 0 Å². The number of likely N-dealkylation sites (tertiary alicyclic amines) is 1. The number of hydrogen-bond donors (Lipinski definition) is 1. The number of benzene rings is 2. The summed E-state index contributed by atoms with van der Waals surface area (Å²) in [6, 6.07) is 12.8. The van der Waals surface area contributed by atoms with Gasteiger partial charge < -0.3 is 15.1 Å². The summed E-state index contributed by atoms with van der Waals surface area (Å²) in [6.07, 6.45) is 2.33. The molecule has 0 aliphatic carbocycles. The molecular formula is C23H25Cl2N3O2S. The Morgan fingerprint density at radius 3 is 2.55 bits per heavy atom. The fourth-order valence-electron chi connectivity index (χ4n) is 4.32. The van der Waals surface area contributed by atoms with Gasteiger partial charge in [0.05, 0.1) is 15.5 Å². The van der Waals surface area contributed by atoms with Crippen molar-refractivity contribution in [2.75, 3.05) is 30.7 Å². The van der Waals surface area contributed by atoms with Gasteiger partial charge in [0, 0.05) is 36.1 Å². The highest BCUT2D eigenvalue weighted by molar-refractivity contribution is 8.00. The molecule has 0 unspecified atom stereocenters. The Balaban J connectivity index is 1.44. The molecule has 31 heavy (non-hydrogen) atoms. The molecule has 2 fully saturated rings. The molecule has 3 amide bonds. The van der Waals surface area contributed by atoms with Crippen molar-refractivity contribution in [3.05, 3.63) is 63.6 Å². The molecule has 2 heterocycles. The monoisotopic (exact) mass is 477 g/mol. The third-order valence-electron chi connectivity index (χ3n) is 6.06. The number of nitrogens with zero attached hydrogens (tertiary/aromatic N) is 2. The van der Waals surface area contributed by atoms with Crippen LogP contribution < -0.4 is 5.32 Å². The van der Waals surface area contributed by atoms with E-state index in [0.717, 1.165) is 36.3 Å². The van der Waals surface area contributed by atoms with Gasteiger partial charge in [-0.25, -0.2) is 4.79 Å². The van der Waals surface area contributed by atoms with Crippen molar-refractivity contribution >= 4 is 52.6 Å². The number of carbonyl (C=O) groups is 2. The molecule has 2 aromatic carbocycles. The number of para-hydroxylation sites is 1. The smallest absolute Gasteiger partial charge is 0.321 e. The normalized spacial score (nSPS) is 17.8. The highest BCUT2D eigenvalue weighted by atomic mass is 35.5. The van der Waals surface area contributed by atoms with Gasteiger partial charge in [-0.05, 0) is 49.1 Å². The lowest BCUT2D eigenvalue weighted by Gasteiger charge is -2.44. The molecule has 0 radical (unpaired) electrons. The Morgan fingerprint density at radius 1 is 1.10 bits per heavy atom. The lowest BCUT2D eigenvalue weighted by atomic mass is 10.0. The standard InChI is InChI=1S/C23H25Cl2N3O2S/c1-2-16-5-3-4-6-20(16)26-22(30)27-11-9-23(10-12-27)28(13-14-31-23)21(29)18-8-7-17(24)15-19(18)25/h3-8,15H,2,9-14H2,1H3,(H,26,30). The van der Waals surface area contributed by atoms with Crippen molar-refractivity contribution in [2.24, 2.45) is 0 Å². The molecule has 0 atom stereocenters. The third kappa shape index (κ3) is 4.52. The minimum Gasteiger partial charge on any atom is -0.324 e. The van der Waals surface area contributed by atoms with Crippen LogP contribution in [-0.4, -0.2) is 52.0 Å². The Hall–Kier alpha value is -1.89. The number of rotatable bonds is 3. The summed E-state index contributed by atoms with van der Waals surface area (Å²) < 4.78 is 0. The first-order valence-corrected chi connectivity index (χ1v) is 12.2. The van der Waals surface area contributed by atoms with Crippen molar-refractivity contribution in [2.45, 2.75) is 31.1 Å². The van der Waals surface area contributed by atoms with E-state index >= 15 is 0 Å². The zero-order valence-corrected chi connectivity index (χ0v) is 19.7. The Labute approximate surface area is 197 Å². The average Bonchev–Trinajstić information content (AvgIpc) is 3.17. The topological polar surface area (TPSA) is 52.7 Å². The van der Waals surface area contributed by atoms with Crippen molar-refractivity contribution in [1.82, 2.24) is 9.80 Å². The largest absolute Gasteiger partial charge is 0.324 e. The fourth-order valence-corrected chi connectivity index (χ4v) is 6.27. The van der Waals surface area contributed by atoms with E-state index in [1.807, 2.05) is 45.8 Å². The van der Waals surface area contributed by atoms with Gasteiger partial charge in [-0.2, -0.15) is 0 Å². The fraction of sp³-hybridized carbons (Fsp3) is 0.391. The summed E-state index contributed by atoms with van der Waals surface area (Å²) in [5.41, 5.74) is 2.45. The van der Waals surface area contributed by atoms with E-state index in [9.17, 15) is 9.59 Å². The maximum atomic E-state index is 13.3. The molecule has 2 aliphatic heterocycles. The van der Waals surface area contributed by atoms with Crippen LogP contribution in [-0.2, 0) is 6.42 Å². The molecule has 0 saturated carbocycles. The van der Waals surface area contributed by atoms with Crippen LogP contribution in [0.3, 0.4) is 0 Å². The van der Waals surface area contributed by atoms with E-state index in [1.165, 1.54) is 0 Å². The number of halogens is 2. The van der Waals surface area contributed by atoms with Crippen LogP contribution in [0.25, 0.3) is 0 Å². The summed E-state index contributed by atoms with van der Waals surface area (Å²) in [7, 11) is 0. The zero-order chi connectivity index (χ0) is 22.0. The third-order valence-corrected chi connectivity index (χ3v) is 8.16. The Morgan fingerprint density at radius 2 is 1.84 bits per heavy atom. The molecule has 0 aromatic heterocycles. The predicted octanol–water partition coefficient (Wildman–Crippen LogP) is 5.77. The first-order chi connectivity index (χ1) is 14.9. The summed E-state index contributed by atoms with van der Waals surface area (Å²) in [5.74, 6) is 0.814. The second kappa shape index (κ2) is 9.31. The van der Waals surface area contributed by atoms with Gasteiger partial charge in [0.1, 0.15) is 0 Å². The number of nitrogens with one attached hydrogen (secondary N) is 1. The lowest BCUT2D eigenvalue weighted by Crippen LogP contribution is -2.54. The van der Waals surface area contributed by atoms with Crippen LogP contribution in [0.4, 0.5) is 10.5 Å². The van der Waals surface area contributed by atoms with Gasteiger partial charge in [-0.1, -0.05) is 48.3 Å². The van der Waals surface area contributed by atoms with Gasteiger partial charge in [0.15, 0.2) is 0 Å². The molecule has 0 bridgehead atoms. The van der Waals surface area contributed by atoms with Crippen LogP contribution in [0, 0.1) is 0 Å². The molecule has 2 aromatic rings. The maximum absolute atomic E-state index is 13.3. The first kappa shape index (κ1) is 22.3. The number of aryl methyl sites for hydroxylation is 1. The van der Waals surface area contributed by atoms with Crippen molar-refractivity contribution in [3.63, 3.8) is 0 Å². The summed E-state index contributed by atoms with van der Waals surface area (Å²) in [5, 5.41) is 3.93. The Bertz CT molecular complexity index is 993. The number of anilines is 1. The second-order valence-electron chi connectivity index (χ2n) is 7.80. The number of hydrogen-bond acceptors (Lipinski definition) is 3. The van der Waals surface area contributed by atoms with Crippen LogP contribution in [0.15, 0.2) is 42.5 Å². The molecule has 5 nitrogen and oxygen atoms in total. The molecular weight excluding hydrogens is 453 g/mol. The van der Waals surface area contributed by atoms with Gasteiger partial charge in [-0.3, -0.25) is 4.79 Å². The maximum Gasteiger partial charge on any atom is 0.321 e. The molecule has 2 aliphatic rings. The zero-order valence-electron chi connectivity index (χ0n) is 17.4. The van der Waals surface area contributed by atoms with Crippen LogP contribution in [0.2, 0.25) is 10.0 Å². The number of carbonyl (C=O) groups excluding carboxylic acids is 2. The number of amides is 3. The summed E-state index contributed by atoms with van der Waals surface area (Å²) in [6.45, 7) is 3.96. The molecule has 164 valence electrons. The van der Waals surface area contributed by atoms with E-state index in [1.54, 1.807) is 18.2 Å². The summed E-state index contributed by atoms with van der Waals surface area (Å²) >= 11 is 14.1. The first-order valence-electron chi connectivity index (χ1n) is 10.5. The predicted molar refractivity (Wildman–Crippen MR) is 128 cm³/mol.